The van der Waals surface area contributed by atoms with Crippen molar-refractivity contribution in [3.63, 3.8) is 0 Å². The van der Waals surface area contributed by atoms with Crippen molar-refractivity contribution in [2.45, 2.75) is 12.6 Å². The summed E-state index contributed by atoms with van der Waals surface area (Å²) >= 11 is 0. The highest BCUT2D eigenvalue weighted by Crippen LogP contribution is 2.16. The number of aliphatic hydroxyl groups excluding tert-OH is 1. The number of urea groups is 1. The molecule has 0 aromatic heterocycles. The molecule has 0 spiro atoms. The Bertz CT molecular complexity index is 519. The summed E-state index contributed by atoms with van der Waals surface area (Å²) in [7, 11) is 0. The van der Waals surface area contributed by atoms with Crippen molar-refractivity contribution in [1.29, 1.82) is 0 Å². The number of nitrogens with zero attached hydrogens (tertiary/aromatic N) is 1. The lowest BCUT2D eigenvalue weighted by molar-refractivity contribution is -0.385. The van der Waals surface area contributed by atoms with Gasteiger partial charge < -0.3 is 20.8 Å². The molecule has 1 aromatic rings. The minimum atomic E-state index is -1.43. The molecule has 0 radical (unpaired) electrons. The Morgan fingerprint density at radius 3 is 2.55 bits per heavy atom. The smallest absolute Gasteiger partial charge is 0.328 e. The first-order valence-electron chi connectivity index (χ1n) is 5.56. The van der Waals surface area contributed by atoms with E-state index in [1.165, 1.54) is 18.2 Å². The zero-order chi connectivity index (χ0) is 15.1. The van der Waals surface area contributed by atoms with Gasteiger partial charge in [0.1, 0.15) is 0 Å². The predicted octanol–water partition coefficient (Wildman–Crippen LogP) is -0.161. The molecule has 108 valence electrons. The lowest BCUT2D eigenvalue weighted by Gasteiger charge is -2.12. The molecule has 0 unspecified atom stereocenters. The summed E-state index contributed by atoms with van der Waals surface area (Å²) in [5, 5.41) is 32.4. The van der Waals surface area contributed by atoms with Crippen LogP contribution in [-0.2, 0) is 11.3 Å². The van der Waals surface area contributed by atoms with Crippen LogP contribution in [0.2, 0.25) is 0 Å². The molecular formula is C11H13N3O6. The summed E-state index contributed by atoms with van der Waals surface area (Å²) in [5.41, 5.74) is 0.133. The molecule has 2 amide bonds. The molecule has 0 aliphatic heterocycles. The zero-order valence-electron chi connectivity index (χ0n) is 10.3. The van der Waals surface area contributed by atoms with E-state index in [0.717, 1.165) is 0 Å². The molecule has 1 atom stereocenters. The Labute approximate surface area is 113 Å². The summed E-state index contributed by atoms with van der Waals surface area (Å²) in [4.78, 5) is 32.2. The topological polar surface area (TPSA) is 142 Å². The molecule has 0 aliphatic carbocycles. The second kappa shape index (κ2) is 7.04. The fraction of sp³-hybridized carbons (Fsp3) is 0.273. The molecule has 0 bridgehead atoms. The molecule has 1 aromatic carbocycles. The van der Waals surface area contributed by atoms with Gasteiger partial charge in [0.15, 0.2) is 6.04 Å². The van der Waals surface area contributed by atoms with Gasteiger partial charge in [-0.25, -0.2) is 9.59 Å². The Morgan fingerprint density at radius 1 is 1.35 bits per heavy atom. The van der Waals surface area contributed by atoms with E-state index >= 15 is 0 Å². The van der Waals surface area contributed by atoms with E-state index in [1.54, 1.807) is 6.07 Å². The molecule has 1 rings (SSSR count). The van der Waals surface area contributed by atoms with Gasteiger partial charge in [0.2, 0.25) is 0 Å². The van der Waals surface area contributed by atoms with E-state index in [0.29, 0.717) is 0 Å². The van der Waals surface area contributed by atoms with Gasteiger partial charge in [-0.05, 0) is 0 Å². The number of para-hydroxylation sites is 1. The highest BCUT2D eigenvalue weighted by atomic mass is 16.6. The number of nitrogens with one attached hydrogen (secondary N) is 2. The summed E-state index contributed by atoms with van der Waals surface area (Å²) < 4.78 is 0. The van der Waals surface area contributed by atoms with Gasteiger partial charge in [0, 0.05) is 11.6 Å². The van der Waals surface area contributed by atoms with E-state index in [9.17, 15) is 19.7 Å². The van der Waals surface area contributed by atoms with Gasteiger partial charge in [-0.15, -0.1) is 0 Å². The predicted molar refractivity (Wildman–Crippen MR) is 67.0 cm³/mol. The standard InChI is InChI=1S/C11H13N3O6/c15-6-8(10(16)17)13-11(18)12-5-7-3-1-2-4-9(7)14(19)20/h1-4,8,15H,5-6H2,(H,16,17)(H2,12,13,18)/t8-/m0/s1. The molecule has 9 nitrogen and oxygen atoms in total. The maximum Gasteiger partial charge on any atom is 0.328 e. The van der Waals surface area contributed by atoms with Crippen LogP contribution in [-0.4, -0.2) is 39.8 Å². The molecule has 0 saturated heterocycles. The van der Waals surface area contributed by atoms with Gasteiger partial charge in [-0.1, -0.05) is 18.2 Å². The van der Waals surface area contributed by atoms with Crippen LogP contribution in [0.1, 0.15) is 5.56 Å². The van der Waals surface area contributed by atoms with E-state index in [4.69, 9.17) is 10.2 Å². The third-order valence-electron chi connectivity index (χ3n) is 2.41. The number of carbonyl (C=O) groups excluding carboxylic acids is 1. The quantitative estimate of drug-likeness (QED) is 0.422. The number of hydrogen-bond donors (Lipinski definition) is 4. The van der Waals surface area contributed by atoms with Crippen molar-refractivity contribution < 1.29 is 24.7 Å². The number of carboxylic acid groups (broad SMARTS) is 1. The van der Waals surface area contributed by atoms with Crippen LogP contribution in [0.15, 0.2) is 24.3 Å². The molecule has 0 aliphatic rings. The third kappa shape index (κ3) is 4.21. The van der Waals surface area contributed by atoms with Gasteiger partial charge >= 0.3 is 12.0 Å². The number of hydrogen-bond acceptors (Lipinski definition) is 5. The lowest BCUT2D eigenvalue weighted by Crippen LogP contribution is -2.47. The number of amides is 2. The fourth-order valence-electron chi connectivity index (χ4n) is 1.41. The monoisotopic (exact) mass is 283 g/mol. The van der Waals surface area contributed by atoms with Crippen LogP contribution in [0.4, 0.5) is 10.5 Å². The summed E-state index contributed by atoms with van der Waals surface area (Å²) in [6.45, 7) is -0.894. The first-order valence-corrected chi connectivity index (χ1v) is 5.56. The number of aliphatic hydroxyl groups is 1. The minimum Gasteiger partial charge on any atom is -0.480 e. The van der Waals surface area contributed by atoms with Crippen LogP contribution in [0.3, 0.4) is 0 Å². The Kier molecular flexibility index (Phi) is 5.42. The number of rotatable bonds is 6. The van der Waals surface area contributed by atoms with Crippen LogP contribution in [0.25, 0.3) is 0 Å². The van der Waals surface area contributed by atoms with Crippen molar-refractivity contribution in [3.8, 4) is 0 Å². The molecule has 0 fully saturated rings. The van der Waals surface area contributed by atoms with Crippen molar-refractivity contribution in [2.24, 2.45) is 0 Å². The zero-order valence-corrected chi connectivity index (χ0v) is 10.3. The summed E-state index contributed by atoms with van der Waals surface area (Å²) in [6, 6.07) is 3.57. The molecule has 20 heavy (non-hydrogen) atoms. The number of carbonyl (C=O) groups is 2. The van der Waals surface area contributed by atoms with Gasteiger partial charge in [-0.3, -0.25) is 10.1 Å². The van der Waals surface area contributed by atoms with Gasteiger partial charge in [0.05, 0.1) is 18.1 Å². The first-order chi connectivity index (χ1) is 9.45. The van der Waals surface area contributed by atoms with Gasteiger partial charge in [-0.2, -0.15) is 0 Å². The third-order valence-corrected chi connectivity index (χ3v) is 2.41. The second-order valence-corrected chi connectivity index (χ2v) is 3.79. The normalized spacial score (nSPS) is 11.4. The number of benzene rings is 1. The first kappa shape index (κ1) is 15.4. The van der Waals surface area contributed by atoms with E-state index in [2.05, 4.69) is 5.32 Å². The molecular weight excluding hydrogens is 270 g/mol. The lowest BCUT2D eigenvalue weighted by atomic mass is 10.2. The minimum absolute atomic E-state index is 0.138. The highest BCUT2D eigenvalue weighted by molar-refractivity contribution is 5.82. The van der Waals surface area contributed by atoms with Crippen molar-refractivity contribution in [2.75, 3.05) is 6.61 Å². The SMILES string of the molecule is O=C(NCc1ccccc1[N+](=O)[O-])N[C@@H](CO)C(=O)O. The van der Waals surface area contributed by atoms with Crippen molar-refractivity contribution >= 4 is 17.7 Å². The largest absolute Gasteiger partial charge is 0.480 e. The Hall–Kier alpha value is -2.68. The Balaban J connectivity index is 2.61. The summed E-state index contributed by atoms with van der Waals surface area (Å²) in [6.07, 6.45) is 0. The summed E-state index contributed by atoms with van der Waals surface area (Å²) in [5.74, 6) is -1.38. The van der Waals surface area contributed by atoms with Crippen LogP contribution in [0, 0.1) is 10.1 Å². The van der Waals surface area contributed by atoms with E-state index < -0.39 is 29.6 Å². The highest BCUT2D eigenvalue weighted by Gasteiger charge is 2.19. The van der Waals surface area contributed by atoms with Crippen molar-refractivity contribution in [1.82, 2.24) is 10.6 Å². The molecule has 0 heterocycles. The number of carboxylic acids is 1. The number of aliphatic carboxylic acids is 1. The van der Waals surface area contributed by atoms with Gasteiger partial charge in [0.25, 0.3) is 5.69 Å². The van der Waals surface area contributed by atoms with Crippen LogP contribution >= 0.6 is 0 Å². The second-order valence-electron chi connectivity index (χ2n) is 3.79. The Morgan fingerprint density at radius 2 is 2.00 bits per heavy atom. The van der Waals surface area contributed by atoms with Crippen molar-refractivity contribution in [3.05, 3.63) is 39.9 Å². The maximum atomic E-state index is 11.4. The van der Waals surface area contributed by atoms with Crippen LogP contribution < -0.4 is 10.6 Å². The fourth-order valence-corrected chi connectivity index (χ4v) is 1.41. The van der Waals surface area contributed by atoms with E-state index in [-0.39, 0.29) is 17.8 Å². The molecule has 9 heteroatoms. The average molecular weight is 283 g/mol. The molecule has 4 N–H and O–H groups in total. The van der Waals surface area contributed by atoms with E-state index in [1.807, 2.05) is 5.32 Å². The average Bonchev–Trinajstić information content (AvgIpc) is 2.42. The number of nitro benzene ring substituents is 1. The van der Waals surface area contributed by atoms with Crippen LogP contribution in [0.5, 0.6) is 0 Å². The number of nitro groups is 1. The molecule has 0 saturated carbocycles. The maximum absolute atomic E-state index is 11.4.